The molecule has 1 atom stereocenters. The zero-order valence-corrected chi connectivity index (χ0v) is 20.4. The summed E-state index contributed by atoms with van der Waals surface area (Å²) in [5.74, 6) is 0.601. The first-order chi connectivity index (χ1) is 17.1. The van der Waals surface area contributed by atoms with Gasteiger partial charge in [-0.15, -0.1) is 0 Å². The number of nitrogens with zero attached hydrogens (tertiary/aromatic N) is 3. The fourth-order valence-corrected chi connectivity index (χ4v) is 5.43. The highest BCUT2D eigenvalue weighted by Crippen LogP contribution is 2.36. The summed E-state index contributed by atoms with van der Waals surface area (Å²) in [6.07, 6.45) is 0.735. The van der Waals surface area contributed by atoms with Crippen LogP contribution in [0.2, 0.25) is 5.02 Å². The Bertz CT molecular complexity index is 1330. The molecule has 2 heterocycles. The number of para-hydroxylation sites is 1. The Labute approximate surface area is 213 Å². The van der Waals surface area contributed by atoms with Crippen LogP contribution in [0.1, 0.15) is 23.1 Å². The number of hydrogen-bond acceptors (Lipinski definition) is 5. The molecule has 2 aliphatic rings. The monoisotopic (exact) mass is 502 g/mol. The second kappa shape index (κ2) is 10.5. The molecule has 0 saturated heterocycles. The van der Waals surface area contributed by atoms with Crippen molar-refractivity contribution in [2.45, 2.75) is 24.6 Å². The third-order valence-electron chi connectivity index (χ3n) is 5.88. The van der Waals surface area contributed by atoms with E-state index in [0.717, 1.165) is 28.8 Å². The highest BCUT2D eigenvalue weighted by molar-refractivity contribution is 8.13. The molecule has 6 nitrogen and oxygen atoms in total. The minimum absolute atomic E-state index is 0.00840. The van der Waals surface area contributed by atoms with Crippen LogP contribution in [0, 0.1) is 0 Å². The third-order valence-corrected chi connectivity index (χ3v) is 7.25. The molecule has 2 aliphatic heterocycles. The molecule has 5 rings (SSSR count). The van der Waals surface area contributed by atoms with E-state index in [1.807, 2.05) is 83.8 Å². The smallest absolute Gasteiger partial charge is 0.271 e. The van der Waals surface area contributed by atoms with Crippen molar-refractivity contribution in [3.63, 3.8) is 0 Å². The highest BCUT2D eigenvalue weighted by Gasteiger charge is 2.42. The van der Waals surface area contributed by atoms with Gasteiger partial charge in [-0.3, -0.25) is 14.5 Å². The molecule has 0 radical (unpaired) electrons. The molecular formula is C27H23ClN4O2S. The Hall–Kier alpha value is -3.42. The van der Waals surface area contributed by atoms with Gasteiger partial charge in [0.1, 0.15) is 11.9 Å². The Morgan fingerprint density at radius 1 is 0.971 bits per heavy atom. The number of rotatable bonds is 7. The van der Waals surface area contributed by atoms with Crippen molar-refractivity contribution in [1.29, 1.82) is 0 Å². The van der Waals surface area contributed by atoms with E-state index in [-0.39, 0.29) is 18.2 Å². The van der Waals surface area contributed by atoms with E-state index in [2.05, 4.69) is 10.3 Å². The first-order valence-corrected chi connectivity index (χ1v) is 12.7. The van der Waals surface area contributed by atoms with E-state index in [0.29, 0.717) is 28.3 Å². The quantitative estimate of drug-likeness (QED) is 0.494. The lowest BCUT2D eigenvalue weighted by Crippen LogP contribution is -2.46. The maximum atomic E-state index is 13.0. The molecule has 35 heavy (non-hydrogen) atoms. The largest absolute Gasteiger partial charge is 0.356 e. The zero-order chi connectivity index (χ0) is 24.2. The number of benzene rings is 3. The number of nitrogens with one attached hydrogen (secondary N) is 1. The number of hydrogen-bond donors (Lipinski definition) is 1. The summed E-state index contributed by atoms with van der Waals surface area (Å²) in [5.41, 5.74) is 3.66. The van der Waals surface area contributed by atoms with Gasteiger partial charge in [-0.25, -0.2) is 4.99 Å². The number of carbonyl (C=O) groups is 2. The van der Waals surface area contributed by atoms with E-state index in [4.69, 9.17) is 16.6 Å². The Morgan fingerprint density at radius 3 is 2.54 bits per heavy atom. The Kier molecular flexibility index (Phi) is 6.97. The van der Waals surface area contributed by atoms with Gasteiger partial charge in [0.05, 0.1) is 12.1 Å². The van der Waals surface area contributed by atoms with Gasteiger partial charge < -0.3 is 5.32 Å². The predicted octanol–water partition coefficient (Wildman–Crippen LogP) is 4.98. The molecule has 1 N–H and O–H groups in total. The number of halogens is 1. The summed E-state index contributed by atoms with van der Waals surface area (Å²) in [6.45, 7) is 0.502. The van der Waals surface area contributed by atoms with Crippen LogP contribution in [0.5, 0.6) is 0 Å². The topological polar surface area (TPSA) is 74.1 Å². The molecule has 0 spiro atoms. The number of aliphatic imine (C=N–C) groups is 2. The summed E-state index contributed by atoms with van der Waals surface area (Å²) in [7, 11) is 0. The van der Waals surface area contributed by atoms with Crippen molar-refractivity contribution in [3.8, 4) is 0 Å². The lowest BCUT2D eigenvalue weighted by atomic mass is 10.1. The number of thioether (sulfide) groups is 1. The highest BCUT2D eigenvalue weighted by atomic mass is 35.5. The van der Waals surface area contributed by atoms with Crippen molar-refractivity contribution in [3.05, 3.63) is 101 Å². The number of amidine groups is 2. The molecule has 0 fully saturated rings. The van der Waals surface area contributed by atoms with Crippen LogP contribution < -0.4 is 5.32 Å². The average molecular weight is 503 g/mol. The summed E-state index contributed by atoms with van der Waals surface area (Å²) >= 11 is 7.83. The molecule has 0 aromatic heterocycles. The molecule has 1 unspecified atom stereocenters. The standard InChI is InChI=1S/C27H23ClN4O2S/c28-21-12-6-4-10-19(21)17-35-27-30-22-13-7-5-11-20(22)25-31-26(34)23(32(25)27)16-24(33)29-15-14-18-8-2-1-3-9-18/h1-13,23H,14-17H2,(H,29,33). The first kappa shape index (κ1) is 23.3. The number of carbonyl (C=O) groups excluding carboxylic acids is 2. The van der Waals surface area contributed by atoms with Gasteiger partial charge in [0.25, 0.3) is 5.91 Å². The van der Waals surface area contributed by atoms with Crippen LogP contribution in [0.15, 0.2) is 88.8 Å². The number of fused-ring (bicyclic) bond motifs is 3. The summed E-state index contributed by atoms with van der Waals surface area (Å²) in [5, 5.41) is 4.25. The molecule has 3 aromatic rings. The van der Waals surface area contributed by atoms with Gasteiger partial charge in [-0.05, 0) is 35.7 Å². The molecule has 2 amide bonds. The minimum atomic E-state index is -0.729. The van der Waals surface area contributed by atoms with Gasteiger partial charge in [0.15, 0.2) is 5.17 Å². The molecule has 0 bridgehead atoms. The van der Waals surface area contributed by atoms with Crippen molar-refractivity contribution < 1.29 is 9.59 Å². The van der Waals surface area contributed by atoms with Crippen LogP contribution in [0.3, 0.4) is 0 Å². The van der Waals surface area contributed by atoms with E-state index in [1.54, 1.807) is 0 Å². The maximum absolute atomic E-state index is 13.0. The predicted molar refractivity (Wildman–Crippen MR) is 141 cm³/mol. The molecular weight excluding hydrogens is 480 g/mol. The van der Waals surface area contributed by atoms with Crippen molar-refractivity contribution in [2.24, 2.45) is 9.98 Å². The minimum Gasteiger partial charge on any atom is -0.356 e. The van der Waals surface area contributed by atoms with Gasteiger partial charge in [-0.2, -0.15) is 4.99 Å². The van der Waals surface area contributed by atoms with Crippen LogP contribution in [0.4, 0.5) is 5.69 Å². The molecule has 3 aromatic carbocycles. The van der Waals surface area contributed by atoms with E-state index < -0.39 is 6.04 Å². The SMILES string of the molecule is O=C(CC1C(=O)N=C2c3ccccc3N=C(SCc3ccccc3Cl)N21)NCCc1ccccc1. The van der Waals surface area contributed by atoms with E-state index in [1.165, 1.54) is 11.8 Å². The van der Waals surface area contributed by atoms with Crippen LogP contribution in [-0.4, -0.2) is 40.3 Å². The van der Waals surface area contributed by atoms with Gasteiger partial charge in [0, 0.05) is 22.9 Å². The van der Waals surface area contributed by atoms with E-state index in [9.17, 15) is 9.59 Å². The lowest BCUT2D eigenvalue weighted by Gasteiger charge is -2.31. The summed E-state index contributed by atoms with van der Waals surface area (Å²) < 4.78 is 0. The fraction of sp³-hybridized carbons (Fsp3) is 0.185. The summed E-state index contributed by atoms with van der Waals surface area (Å²) in [4.78, 5) is 36.7. The van der Waals surface area contributed by atoms with Crippen LogP contribution >= 0.6 is 23.4 Å². The Balaban J connectivity index is 1.33. The van der Waals surface area contributed by atoms with E-state index >= 15 is 0 Å². The van der Waals surface area contributed by atoms with Crippen LogP contribution in [-0.2, 0) is 21.8 Å². The molecule has 0 aliphatic carbocycles. The van der Waals surface area contributed by atoms with Gasteiger partial charge >= 0.3 is 0 Å². The average Bonchev–Trinajstić information content (AvgIpc) is 3.20. The number of amides is 2. The Morgan fingerprint density at radius 2 is 1.71 bits per heavy atom. The van der Waals surface area contributed by atoms with Crippen molar-refractivity contribution >= 4 is 51.9 Å². The lowest BCUT2D eigenvalue weighted by molar-refractivity contribution is -0.126. The molecule has 8 heteroatoms. The van der Waals surface area contributed by atoms with Gasteiger partial charge in [0.2, 0.25) is 5.91 Å². The normalized spacial score (nSPS) is 16.3. The maximum Gasteiger partial charge on any atom is 0.271 e. The molecule has 0 saturated carbocycles. The molecule has 176 valence electrons. The zero-order valence-electron chi connectivity index (χ0n) is 18.9. The fourth-order valence-electron chi connectivity index (χ4n) is 4.10. The second-order valence-corrected chi connectivity index (χ2v) is 9.59. The second-order valence-electron chi connectivity index (χ2n) is 8.24. The summed E-state index contributed by atoms with van der Waals surface area (Å²) in [6, 6.07) is 24.5. The van der Waals surface area contributed by atoms with Gasteiger partial charge in [-0.1, -0.05) is 84.0 Å². The van der Waals surface area contributed by atoms with Crippen LogP contribution in [0.25, 0.3) is 0 Å². The van der Waals surface area contributed by atoms with Crippen molar-refractivity contribution in [2.75, 3.05) is 6.54 Å². The first-order valence-electron chi connectivity index (χ1n) is 11.4. The van der Waals surface area contributed by atoms with Crippen molar-refractivity contribution in [1.82, 2.24) is 10.2 Å². The third kappa shape index (κ3) is 5.16.